The van der Waals surface area contributed by atoms with Crippen LogP contribution in [0.3, 0.4) is 0 Å². The summed E-state index contributed by atoms with van der Waals surface area (Å²) < 4.78 is 12.9. The molecule has 0 radical (unpaired) electrons. The highest BCUT2D eigenvalue weighted by Gasteiger charge is 2.08. The second-order valence-electron chi connectivity index (χ2n) is 3.75. The lowest BCUT2D eigenvalue weighted by Crippen LogP contribution is -2.35. The van der Waals surface area contributed by atoms with Gasteiger partial charge in [0.05, 0.1) is 0 Å². The van der Waals surface area contributed by atoms with Gasteiger partial charge in [0.15, 0.2) is 0 Å². The summed E-state index contributed by atoms with van der Waals surface area (Å²) in [6, 6.07) is 4.88. The van der Waals surface area contributed by atoms with Gasteiger partial charge in [0.25, 0.3) is 0 Å². The van der Waals surface area contributed by atoms with Gasteiger partial charge >= 0.3 is 0 Å². The molecule has 0 saturated carbocycles. The Kier molecular flexibility index (Phi) is 3.47. The second kappa shape index (κ2) is 4.42. The number of hydrogen-bond acceptors (Lipinski definition) is 2. The normalized spacial score (nSPS) is 14.9. The molecule has 2 unspecified atom stereocenters. The molecule has 0 saturated heterocycles. The lowest BCUT2D eigenvalue weighted by Gasteiger charge is -2.20. The first-order valence-electron chi connectivity index (χ1n) is 4.79. The Hall–Kier alpha value is -1.09. The molecule has 0 fully saturated rings. The zero-order valence-corrected chi connectivity index (χ0v) is 8.84. The summed E-state index contributed by atoms with van der Waals surface area (Å²) >= 11 is 0. The van der Waals surface area contributed by atoms with Gasteiger partial charge in [-0.1, -0.05) is 6.07 Å². The molecule has 2 nitrogen and oxygen atoms in total. The van der Waals surface area contributed by atoms with E-state index in [0.717, 1.165) is 11.3 Å². The first-order valence-corrected chi connectivity index (χ1v) is 4.79. The second-order valence-corrected chi connectivity index (χ2v) is 3.75. The summed E-state index contributed by atoms with van der Waals surface area (Å²) in [4.78, 5) is 0. The number of hydrogen-bond donors (Lipinski definition) is 2. The van der Waals surface area contributed by atoms with Crippen LogP contribution in [0.15, 0.2) is 18.2 Å². The summed E-state index contributed by atoms with van der Waals surface area (Å²) in [6.45, 7) is 5.84. The highest BCUT2D eigenvalue weighted by Crippen LogP contribution is 2.17. The van der Waals surface area contributed by atoms with E-state index in [4.69, 9.17) is 5.73 Å². The van der Waals surface area contributed by atoms with Crippen molar-refractivity contribution in [2.24, 2.45) is 5.73 Å². The minimum absolute atomic E-state index is 0.0395. The third-order valence-corrected chi connectivity index (χ3v) is 2.37. The molecule has 3 heteroatoms. The number of rotatable bonds is 3. The number of nitrogens with one attached hydrogen (secondary N) is 1. The standard InChI is InChI=1S/C11H17FN2/c1-7-4-5-10(12)6-11(7)14-9(3)8(2)13/h4-6,8-9,14H,13H2,1-3H3. The minimum Gasteiger partial charge on any atom is -0.381 e. The van der Waals surface area contributed by atoms with Crippen LogP contribution in [0.4, 0.5) is 10.1 Å². The average molecular weight is 196 g/mol. The van der Waals surface area contributed by atoms with Gasteiger partial charge in [-0.15, -0.1) is 0 Å². The smallest absolute Gasteiger partial charge is 0.125 e. The van der Waals surface area contributed by atoms with Crippen LogP contribution < -0.4 is 11.1 Å². The van der Waals surface area contributed by atoms with Gasteiger partial charge in [-0.3, -0.25) is 0 Å². The predicted molar refractivity (Wildman–Crippen MR) is 57.9 cm³/mol. The fourth-order valence-electron chi connectivity index (χ4n) is 1.13. The van der Waals surface area contributed by atoms with Gasteiger partial charge in [0.2, 0.25) is 0 Å². The third-order valence-electron chi connectivity index (χ3n) is 2.37. The van der Waals surface area contributed by atoms with Crippen LogP contribution in [0.2, 0.25) is 0 Å². The van der Waals surface area contributed by atoms with Crippen LogP contribution in [0, 0.1) is 12.7 Å². The molecular weight excluding hydrogens is 179 g/mol. The maximum absolute atomic E-state index is 12.9. The fourth-order valence-corrected chi connectivity index (χ4v) is 1.13. The summed E-state index contributed by atoms with van der Waals surface area (Å²) in [6.07, 6.45) is 0. The molecular formula is C11H17FN2. The lowest BCUT2D eigenvalue weighted by molar-refractivity contribution is 0.621. The van der Waals surface area contributed by atoms with Gasteiger partial charge in [-0.25, -0.2) is 4.39 Å². The van der Waals surface area contributed by atoms with Crippen molar-refractivity contribution in [2.45, 2.75) is 32.9 Å². The van der Waals surface area contributed by atoms with Crippen molar-refractivity contribution in [3.8, 4) is 0 Å². The van der Waals surface area contributed by atoms with Crippen molar-refractivity contribution in [2.75, 3.05) is 5.32 Å². The molecule has 0 aliphatic heterocycles. The molecule has 14 heavy (non-hydrogen) atoms. The van der Waals surface area contributed by atoms with Gasteiger partial charge in [0, 0.05) is 17.8 Å². The Morgan fingerprint density at radius 3 is 2.57 bits per heavy atom. The highest BCUT2D eigenvalue weighted by atomic mass is 19.1. The maximum Gasteiger partial charge on any atom is 0.125 e. The van der Waals surface area contributed by atoms with E-state index in [-0.39, 0.29) is 17.9 Å². The van der Waals surface area contributed by atoms with Crippen LogP contribution in [0.25, 0.3) is 0 Å². The van der Waals surface area contributed by atoms with Gasteiger partial charge in [0.1, 0.15) is 5.82 Å². The molecule has 0 spiro atoms. The van der Waals surface area contributed by atoms with Crippen LogP contribution >= 0.6 is 0 Å². The summed E-state index contributed by atoms with van der Waals surface area (Å²) in [7, 11) is 0. The molecule has 0 aliphatic carbocycles. The number of benzene rings is 1. The Morgan fingerprint density at radius 2 is 2.00 bits per heavy atom. The van der Waals surface area contributed by atoms with Crippen LogP contribution in [-0.4, -0.2) is 12.1 Å². The molecule has 2 atom stereocenters. The molecule has 0 heterocycles. The lowest BCUT2D eigenvalue weighted by atomic mass is 10.1. The van der Waals surface area contributed by atoms with Crippen LogP contribution in [-0.2, 0) is 0 Å². The highest BCUT2D eigenvalue weighted by molar-refractivity contribution is 5.51. The molecule has 1 aromatic rings. The number of anilines is 1. The summed E-state index contributed by atoms with van der Waals surface area (Å²) in [5.74, 6) is -0.227. The Bertz CT molecular complexity index is 310. The Balaban J connectivity index is 2.80. The topological polar surface area (TPSA) is 38.0 Å². The fraction of sp³-hybridized carbons (Fsp3) is 0.455. The van der Waals surface area contributed by atoms with Crippen LogP contribution in [0.5, 0.6) is 0 Å². The van der Waals surface area contributed by atoms with E-state index in [2.05, 4.69) is 5.32 Å². The van der Waals surface area contributed by atoms with Crippen molar-refractivity contribution in [1.29, 1.82) is 0 Å². The average Bonchev–Trinajstić information content (AvgIpc) is 2.11. The predicted octanol–water partition coefficient (Wildman–Crippen LogP) is 2.28. The van der Waals surface area contributed by atoms with E-state index < -0.39 is 0 Å². The summed E-state index contributed by atoms with van der Waals surface area (Å²) in [5, 5.41) is 3.19. The Labute approximate surface area is 84.3 Å². The molecule has 78 valence electrons. The maximum atomic E-state index is 12.9. The molecule has 0 bridgehead atoms. The third kappa shape index (κ3) is 2.70. The largest absolute Gasteiger partial charge is 0.381 e. The number of nitrogens with two attached hydrogens (primary N) is 1. The van der Waals surface area contributed by atoms with E-state index in [1.807, 2.05) is 20.8 Å². The molecule has 0 aromatic heterocycles. The first-order chi connectivity index (χ1) is 6.50. The van der Waals surface area contributed by atoms with Gasteiger partial charge in [-0.05, 0) is 38.5 Å². The minimum atomic E-state index is -0.227. The van der Waals surface area contributed by atoms with E-state index in [0.29, 0.717) is 0 Å². The molecule has 1 rings (SSSR count). The monoisotopic (exact) mass is 196 g/mol. The quantitative estimate of drug-likeness (QED) is 0.778. The molecule has 3 N–H and O–H groups in total. The summed E-state index contributed by atoms with van der Waals surface area (Å²) in [5.41, 5.74) is 7.56. The van der Waals surface area contributed by atoms with E-state index in [9.17, 15) is 4.39 Å². The van der Waals surface area contributed by atoms with Crippen molar-refractivity contribution in [3.05, 3.63) is 29.6 Å². The van der Waals surface area contributed by atoms with Crippen molar-refractivity contribution in [3.63, 3.8) is 0 Å². The molecule has 0 aliphatic rings. The number of aryl methyl sites for hydroxylation is 1. The van der Waals surface area contributed by atoms with Crippen molar-refractivity contribution in [1.82, 2.24) is 0 Å². The number of halogens is 1. The van der Waals surface area contributed by atoms with E-state index in [1.165, 1.54) is 12.1 Å². The zero-order valence-electron chi connectivity index (χ0n) is 8.84. The molecule has 0 amide bonds. The van der Waals surface area contributed by atoms with Crippen molar-refractivity contribution >= 4 is 5.69 Å². The SMILES string of the molecule is Cc1ccc(F)cc1NC(C)C(C)N. The first kappa shape index (κ1) is 11.0. The van der Waals surface area contributed by atoms with E-state index >= 15 is 0 Å². The Morgan fingerprint density at radius 1 is 1.36 bits per heavy atom. The van der Waals surface area contributed by atoms with Crippen LogP contribution in [0.1, 0.15) is 19.4 Å². The van der Waals surface area contributed by atoms with E-state index in [1.54, 1.807) is 6.07 Å². The van der Waals surface area contributed by atoms with Gasteiger partial charge < -0.3 is 11.1 Å². The zero-order chi connectivity index (χ0) is 10.7. The molecule has 1 aromatic carbocycles. The van der Waals surface area contributed by atoms with Crippen molar-refractivity contribution < 1.29 is 4.39 Å². The van der Waals surface area contributed by atoms with Gasteiger partial charge in [-0.2, -0.15) is 0 Å².